The molecule has 4 atom stereocenters. The van der Waals surface area contributed by atoms with Crippen molar-refractivity contribution in [3.05, 3.63) is 71.3 Å². The van der Waals surface area contributed by atoms with Crippen molar-refractivity contribution in [3.63, 3.8) is 0 Å². The number of nitrogens with zero attached hydrogens (tertiary/aromatic N) is 1. The fourth-order valence-electron chi connectivity index (χ4n) is 4.00. The molecule has 2 aromatic carbocycles. The predicted molar refractivity (Wildman–Crippen MR) is 120 cm³/mol. The van der Waals surface area contributed by atoms with Crippen LogP contribution in [0, 0.1) is 11.6 Å². The number of aliphatic hydroxyl groups excluding tert-OH is 1. The van der Waals surface area contributed by atoms with E-state index in [1.165, 1.54) is 17.0 Å². The molecule has 0 unspecified atom stereocenters. The first-order valence-electron chi connectivity index (χ1n) is 11.1. The van der Waals surface area contributed by atoms with Crippen molar-refractivity contribution in [2.24, 2.45) is 5.73 Å². The van der Waals surface area contributed by atoms with E-state index < -0.39 is 41.5 Å². The molecule has 0 aliphatic carbocycles. The molecule has 3 rings (SSSR count). The Balaban J connectivity index is 1.71. The number of aliphatic hydroxyl groups is 1. The monoisotopic (exact) mass is 462 g/mol. The van der Waals surface area contributed by atoms with E-state index >= 15 is 0 Å². The van der Waals surface area contributed by atoms with Crippen LogP contribution in [-0.4, -0.2) is 52.5 Å². The number of hydrogen-bond acceptors (Lipinski definition) is 5. The lowest BCUT2D eigenvalue weighted by Gasteiger charge is -2.33. The van der Waals surface area contributed by atoms with Crippen molar-refractivity contribution in [2.45, 2.75) is 70.1 Å². The van der Waals surface area contributed by atoms with Gasteiger partial charge in [0.05, 0.1) is 31.4 Å². The Morgan fingerprint density at radius 3 is 2.39 bits per heavy atom. The lowest BCUT2D eigenvalue weighted by Crippen LogP contribution is -2.52. The van der Waals surface area contributed by atoms with Crippen LogP contribution in [0.4, 0.5) is 13.6 Å². The summed E-state index contributed by atoms with van der Waals surface area (Å²) in [6.07, 6.45) is -1.63. The number of carbonyl (C=O) groups excluding carboxylic acids is 1. The third-order valence-electron chi connectivity index (χ3n) is 5.49. The average molecular weight is 463 g/mol. The first-order chi connectivity index (χ1) is 15.5. The van der Waals surface area contributed by atoms with Gasteiger partial charge in [0.2, 0.25) is 0 Å². The third kappa shape index (κ3) is 7.22. The van der Waals surface area contributed by atoms with Gasteiger partial charge in [-0.2, -0.15) is 0 Å². The standard InChI is InChI=1S/C25H32F2N2O4/c1-25(2,3)33-24(31)29-14-20(32-15-16-7-5-4-6-8-16)13-22(29)23(30)21(28)11-17-9-18(26)12-19(27)10-17/h4-10,12,20-23,30H,11,13-15,28H2,1-3H3/t20-,21+,22-,23+/m1/s1. The fraction of sp³-hybridized carbons (Fsp3) is 0.480. The van der Waals surface area contributed by atoms with Crippen molar-refractivity contribution in [1.82, 2.24) is 4.90 Å². The third-order valence-corrected chi connectivity index (χ3v) is 5.49. The molecule has 0 spiro atoms. The molecule has 1 amide bonds. The minimum Gasteiger partial charge on any atom is -0.444 e. The van der Waals surface area contributed by atoms with Crippen LogP contribution in [0.3, 0.4) is 0 Å². The highest BCUT2D eigenvalue weighted by Gasteiger charge is 2.43. The Hall–Kier alpha value is -2.55. The average Bonchev–Trinajstić information content (AvgIpc) is 3.15. The maximum Gasteiger partial charge on any atom is 0.410 e. The van der Waals surface area contributed by atoms with Crippen molar-refractivity contribution in [3.8, 4) is 0 Å². The summed E-state index contributed by atoms with van der Waals surface area (Å²) in [5, 5.41) is 11.0. The van der Waals surface area contributed by atoms with Gasteiger partial charge in [-0.3, -0.25) is 4.90 Å². The van der Waals surface area contributed by atoms with Crippen LogP contribution in [0.5, 0.6) is 0 Å². The number of halogens is 2. The lowest BCUT2D eigenvalue weighted by atomic mass is 9.95. The molecule has 1 aliphatic heterocycles. The van der Waals surface area contributed by atoms with Gasteiger partial charge in [-0.05, 0) is 56.9 Å². The molecule has 2 aromatic rings. The first kappa shape index (κ1) is 25.1. The van der Waals surface area contributed by atoms with E-state index in [2.05, 4.69) is 0 Å². The van der Waals surface area contributed by atoms with Crippen LogP contribution >= 0.6 is 0 Å². The van der Waals surface area contributed by atoms with Gasteiger partial charge in [-0.25, -0.2) is 13.6 Å². The predicted octanol–water partition coefficient (Wildman–Crippen LogP) is 3.79. The van der Waals surface area contributed by atoms with Gasteiger partial charge in [0.1, 0.15) is 17.2 Å². The Morgan fingerprint density at radius 1 is 1.15 bits per heavy atom. The highest BCUT2D eigenvalue weighted by molar-refractivity contribution is 5.69. The number of benzene rings is 2. The van der Waals surface area contributed by atoms with E-state index in [0.717, 1.165) is 11.6 Å². The van der Waals surface area contributed by atoms with E-state index in [-0.39, 0.29) is 19.1 Å². The van der Waals surface area contributed by atoms with Crippen LogP contribution in [0.2, 0.25) is 0 Å². The number of ether oxygens (including phenoxy) is 2. The van der Waals surface area contributed by atoms with E-state index in [1.54, 1.807) is 20.8 Å². The summed E-state index contributed by atoms with van der Waals surface area (Å²) in [6, 6.07) is 11.3. The summed E-state index contributed by atoms with van der Waals surface area (Å²) in [6.45, 7) is 5.90. The Bertz CT molecular complexity index is 915. The Morgan fingerprint density at radius 2 is 1.79 bits per heavy atom. The van der Waals surface area contributed by atoms with Crippen LogP contribution in [0.1, 0.15) is 38.3 Å². The van der Waals surface area contributed by atoms with Gasteiger partial charge in [0, 0.05) is 12.1 Å². The summed E-state index contributed by atoms with van der Waals surface area (Å²) in [5.41, 5.74) is 6.83. The highest BCUT2D eigenvalue weighted by Crippen LogP contribution is 2.28. The van der Waals surface area contributed by atoms with Gasteiger partial charge in [-0.1, -0.05) is 30.3 Å². The molecule has 1 aliphatic rings. The van der Waals surface area contributed by atoms with Crippen molar-refractivity contribution < 1.29 is 28.2 Å². The van der Waals surface area contributed by atoms with Crippen molar-refractivity contribution in [1.29, 1.82) is 0 Å². The first-order valence-corrected chi connectivity index (χ1v) is 11.1. The van der Waals surface area contributed by atoms with E-state index in [1.807, 2.05) is 30.3 Å². The molecule has 180 valence electrons. The quantitative estimate of drug-likeness (QED) is 0.654. The van der Waals surface area contributed by atoms with Gasteiger partial charge < -0.3 is 20.3 Å². The Labute approximate surface area is 193 Å². The zero-order valence-electron chi connectivity index (χ0n) is 19.2. The molecule has 0 aromatic heterocycles. The molecule has 0 bridgehead atoms. The molecular weight excluding hydrogens is 430 g/mol. The molecule has 1 saturated heterocycles. The number of likely N-dealkylation sites (tertiary alicyclic amines) is 1. The second kappa shape index (κ2) is 10.6. The molecule has 33 heavy (non-hydrogen) atoms. The summed E-state index contributed by atoms with van der Waals surface area (Å²) in [5.74, 6) is -1.42. The molecule has 1 heterocycles. The number of hydrogen-bond donors (Lipinski definition) is 2. The molecule has 1 fully saturated rings. The van der Waals surface area contributed by atoms with Crippen LogP contribution in [0.15, 0.2) is 48.5 Å². The lowest BCUT2D eigenvalue weighted by molar-refractivity contribution is -0.000336. The minimum absolute atomic E-state index is 0.0457. The second-order valence-corrected chi connectivity index (χ2v) is 9.49. The van der Waals surface area contributed by atoms with Gasteiger partial charge in [0.25, 0.3) is 0 Å². The molecule has 8 heteroatoms. The maximum absolute atomic E-state index is 13.6. The fourth-order valence-corrected chi connectivity index (χ4v) is 4.00. The molecular formula is C25H32F2N2O4. The second-order valence-electron chi connectivity index (χ2n) is 9.49. The van der Waals surface area contributed by atoms with Crippen LogP contribution < -0.4 is 5.73 Å². The number of nitrogens with two attached hydrogens (primary N) is 1. The van der Waals surface area contributed by atoms with E-state index in [0.29, 0.717) is 18.6 Å². The van der Waals surface area contributed by atoms with Gasteiger partial charge >= 0.3 is 6.09 Å². The number of amides is 1. The zero-order chi connectivity index (χ0) is 24.2. The van der Waals surface area contributed by atoms with Crippen LogP contribution in [0.25, 0.3) is 0 Å². The molecule has 3 N–H and O–H groups in total. The summed E-state index contributed by atoms with van der Waals surface area (Å²) >= 11 is 0. The smallest absolute Gasteiger partial charge is 0.410 e. The van der Waals surface area contributed by atoms with Crippen LogP contribution in [-0.2, 0) is 22.5 Å². The van der Waals surface area contributed by atoms with E-state index in [9.17, 15) is 18.7 Å². The van der Waals surface area contributed by atoms with Gasteiger partial charge in [0.15, 0.2) is 0 Å². The normalized spacial score (nSPS) is 20.5. The summed E-state index contributed by atoms with van der Waals surface area (Å²) in [4.78, 5) is 14.3. The number of carbonyl (C=O) groups is 1. The van der Waals surface area contributed by atoms with Gasteiger partial charge in [-0.15, -0.1) is 0 Å². The molecule has 6 nitrogen and oxygen atoms in total. The highest BCUT2D eigenvalue weighted by atomic mass is 19.1. The summed E-state index contributed by atoms with van der Waals surface area (Å²) < 4.78 is 38.6. The maximum atomic E-state index is 13.6. The molecule has 0 saturated carbocycles. The largest absolute Gasteiger partial charge is 0.444 e. The van der Waals surface area contributed by atoms with E-state index in [4.69, 9.17) is 15.2 Å². The minimum atomic E-state index is -1.14. The molecule has 0 radical (unpaired) electrons. The topological polar surface area (TPSA) is 85.0 Å². The Kier molecular flexibility index (Phi) is 8.05. The van der Waals surface area contributed by atoms with Crippen molar-refractivity contribution >= 4 is 6.09 Å². The zero-order valence-corrected chi connectivity index (χ0v) is 19.2. The van der Waals surface area contributed by atoms with Crippen molar-refractivity contribution in [2.75, 3.05) is 6.54 Å². The summed E-state index contributed by atoms with van der Waals surface area (Å²) in [7, 11) is 0. The number of rotatable bonds is 7. The SMILES string of the molecule is CC(C)(C)OC(=O)N1C[C@H](OCc2ccccc2)C[C@@H]1[C@@H](O)[C@@H](N)Cc1cc(F)cc(F)c1.